The van der Waals surface area contributed by atoms with Gasteiger partial charge in [-0.15, -0.1) is 0 Å². The van der Waals surface area contributed by atoms with Gasteiger partial charge < -0.3 is 9.72 Å². The lowest BCUT2D eigenvalue weighted by Gasteiger charge is -2.04. The summed E-state index contributed by atoms with van der Waals surface area (Å²) in [6.45, 7) is 0.344. The fourth-order valence-corrected chi connectivity index (χ4v) is 2.11. The summed E-state index contributed by atoms with van der Waals surface area (Å²) in [5.41, 5.74) is 4.25. The number of hydroxylamine groups is 1. The van der Waals surface area contributed by atoms with E-state index in [9.17, 15) is 4.79 Å². The molecule has 0 spiro atoms. The number of hydrogen-bond acceptors (Lipinski definition) is 4. The monoisotopic (exact) mass is 309 g/mol. The molecule has 6 nitrogen and oxygen atoms in total. The molecule has 3 N–H and O–H groups in total. The van der Waals surface area contributed by atoms with E-state index in [2.05, 4.69) is 9.97 Å². The first-order chi connectivity index (χ1) is 11.2. The number of hydrogen-bond donors (Lipinski definition) is 3. The number of fused-ring (bicyclic) bond motifs is 1. The van der Waals surface area contributed by atoms with Crippen molar-refractivity contribution in [1.29, 1.82) is 0 Å². The van der Waals surface area contributed by atoms with Crippen molar-refractivity contribution in [2.45, 2.75) is 6.61 Å². The molecule has 0 saturated carbocycles. The van der Waals surface area contributed by atoms with Gasteiger partial charge in [0.2, 0.25) is 0 Å². The Kier molecular flexibility index (Phi) is 4.35. The lowest BCUT2D eigenvalue weighted by Crippen LogP contribution is -2.14. The molecule has 1 heterocycles. The quantitative estimate of drug-likeness (QED) is 0.384. The van der Waals surface area contributed by atoms with Crippen molar-refractivity contribution in [2.24, 2.45) is 0 Å². The molecule has 3 aromatic rings. The number of rotatable bonds is 5. The predicted molar refractivity (Wildman–Crippen MR) is 85.8 cm³/mol. The molecular formula is C17H15N3O3. The van der Waals surface area contributed by atoms with Crippen molar-refractivity contribution in [2.75, 3.05) is 0 Å². The average molecular weight is 309 g/mol. The molecule has 0 unspecified atom stereocenters. The molecule has 0 radical (unpaired) electrons. The Morgan fingerprint density at radius 2 is 2.00 bits per heavy atom. The van der Waals surface area contributed by atoms with E-state index in [0.29, 0.717) is 12.4 Å². The standard InChI is InChI=1S/C17H15N3O3/c21-17(20-22)10-7-12-5-8-13(9-6-12)23-11-16-18-14-3-1-2-4-15(14)19-16/h1-10,22H,11H2,(H,18,19)(H,20,21)/b10-7+. The van der Waals surface area contributed by atoms with Gasteiger partial charge in [-0.2, -0.15) is 0 Å². The summed E-state index contributed by atoms with van der Waals surface area (Å²) >= 11 is 0. The first-order valence-corrected chi connectivity index (χ1v) is 7.03. The summed E-state index contributed by atoms with van der Waals surface area (Å²) in [6.07, 6.45) is 2.83. The van der Waals surface area contributed by atoms with Crippen LogP contribution in [0.25, 0.3) is 17.1 Å². The number of benzene rings is 2. The van der Waals surface area contributed by atoms with Gasteiger partial charge in [0.25, 0.3) is 5.91 Å². The van der Waals surface area contributed by atoms with Gasteiger partial charge in [-0.3, -0.25) is 10.0 Å². The minimum absolute atomic E-state index is 0.344. The van der Waals surface area contributed by atoms with E-state index >= 15 is 0 Å². The zero-order valence-corrected chi connectivity index (χ0v) is 12.2. The van der Waals surface area contributed by atoms with Gasteiger partial charge in [-0.25, -0.2) is 10.5 Å². The third-order valence-electron chi connectivity index (χ3n) is 3.23. The smallest absolute Gasteiger partial charge is 0.267 e. The Labute approximate surface area is 132 Å². The van der Waals surface area contributed by atoms with E-state index in [0.717, 1.165) is 22.4 Å². The van der Waals surface area contributed by atoms with Crippen LogP contribution in [0.3, 0.4) is 0 Å². The Bertz CT molecular complexity index is 805. The summed E-state index contributed by atoms with van der Waals surface area (Å²) in [6, 6.07) is 15.0. The molecule has 0 saturated heterocycles. The van der Waals surface area contributed by atoms with Crippen LogP contribution in [0.1, 0.15) is 11.4 Å². The maximum Gasteiger partial charge on any atom is 0.267 e. The van der Waals surface area contributed by atoms with E-state index in [4.69, 9.17) is 9.94 Å². The maximum absolute atomic E-state index is 10.9. The SMILES string of the molecule is O=C(/C=C/c1ccc(OCc2nc3ccccc3[nH]2)cc1)NO. The van der Waals surface area contributed by atoms with Crippen LogP contribution in [0.4, 0.5) is 0 Å². The van der Waals surface area contributed by atoms with Crippen molar-refractivity contribution in [3.63, 3.8) is 0 Å². The third kappa shape index (κ3) is 3.75. The highest BCUT2D eigenvalue weighted by molar-refractivity contribution is 5.90. The third-order valence-corrected chi connectivity index (χ3v) is 3.23. The molecule has 0 fully saturated rings. The minimum atomic E-state index is -0.574. The molecule has 0 aliphatic carbocycles. The van der Waals surface area contributed by atoms with Crippen molar-refractivity contribution in [3.8, 4) is 5.75 Å². The average Bonchev–Trinajstić information content (AvgIpc) is 3.01. The zero-order valence-electron chi connectivity index (χ0n) is 12.2. The first kappa shape index (κ1) is 14.8. The Morgan fingerprint density at radius 1 is 1.22 bits per heavy atom. The zero-order chi connectivity index (χ0) is 16.1. The Hall–Kier alpha value is -3.12. The fourth-order valence-electron chi connectivity index (χ4n) is 2.11. The van der Waals surface area contributed by atoms with Crippen molar-refractivity contribution < 1.29 is 14.7 Å². The molecule has 1 amide bonds. The van der Waals surface area contributed by atoms with Crippen LogP contribution < -0.4 is 10.2 Å². The summed E-state index contributed by atoms with van der Waals surface area (Å²) in [4.78, 5) is 18.5. The van der Waals surface area contributed by atoms with Crippen LogP contribution in [-0.2, 0) is 11.4 Å². The number of para-hydroxylation sites is 2. The van der Waals surface area contributed by atoms with Crippen molar-refractivity contribution >= 4 is 23.0 Å². The summed E-state index contributed by atoms with van der Waals surface area (Å²) in [7, 11) is 0. The predicted octanol–water partition coefficient (Wildman–Crippen LogP) is 2.66. The number of H-pyrrole nitrogens is 1. The second-order valence-electron chi connectivity index (χ2n) is 4.87. The molecule has 23 heavy (non-hydrogen) atoms. The number of aromatic amines is 1. The van der Waals surface area contributed by atoms with Crippen LogP contribution in [0.2, 0.25) is 0 Å². The Morgan fingerprint density at radius 3 is 2.74 bits per heavy atom. The molecular weight excluding hydrogens is 294 g/mol. The van der Waals surface area contributed by atoms with Crippen LogP contribution in [0.5, 0.6) is 5.75 Å². The van der Waals surface area contributed by atoms with E-state index in [1.165, 1.54) is 11.6 Å². The van der Waals surface area contributed by atoms with E-state index in [-0.39, 0.29) is 0 Å². The number of carbonyl (C=O) groups excluding carboxylic acids is 1. The highest BCUT2D eigenvalue weighted by Gasteiger charge is 2.02. The number of nitrogens with one attached hydrogen (secondary N) is 2. The molecule has 1 aromatic heterocycles. The normalized spacial score (nSPS) is 11.0. The number of nitrogens with zero attached hydrogens (tertiary/aromatic N) is 1. The molecule has 2 aromatic carbocycles. The van der Waals surface area contributed by atoms with Crippen molar-refractivity contribution in [1.82, 2.24) is 15.4 Å². The van der Waals surface area contributed by atoms with Gasteiger partial charge in [0.1, 0.15) is 18.2 Å². The van der Waals surface area contributed by atoms with Crippen LogP contribution in [-0.4, -0.2) is 21.1 Å². The van der Waals surface area contributed by atoms with E-state index < -0.39 is 5.91 Å². The van der Waals surface area contributed by atoms with Gasteiger partial charge in [-0.1, -0.05) is 24.3 Å². The number of aromatic nitrogens is 2. The highest BCUT2D eigenvalue weighted by atomic mass is 16.5. The number of ether oxygens (including phenoxy) is 1. The molecule has 0 bridgehead atoms. The number of imidazole rings is 1. The molecule has 0 aliphatic rings. The molecule has 6 heteroatoms. The van der Waals surface area contributed by atoms with Crippen LogP contribution >= 0.6 is 0 Å². The molecule has 0 aliphatic heterocycles. The number of carbonyl (C=O) groups is 1. The minimum Gasteiger partial charge on any atom is -0.486 e. The molecule has 3 rings (SSSR count). The lowest BCUT2D eigenvalue weighted by atomic mass is 10.2. The van der Waals surface area contributed by atoms with E-state index in [1.807, 2.05) is 36.4 Å². The largest absolute Gasteiger partial charge is 0.486 e. The van der Waals surface area contributed by atoms with E-state index in [1.54, 1.807) is 18.2 Å². The van der Waals surface area contributed by atoms with Crippen LogP contribution in [0.15, 0.2) is 54.6 Å². The molecule has 0 atom stereocenters. The highest BCUT2D eigenvalue weighted by Crippen LogP contribution is 2.16. The number of amides is 1. The van der Waals surface area contributed by atoms with Gasteiger partial charge in [-0.05, 0) is 35.9 Å². The molecule has 116 valence electrons. The first-order valence-electron chi connectivity index (χ1n) is 7.03. The summed E-state index contributed by atoms with van der Waals surface area (Å²) in [5.74, 6) is 0.888. The lowest BCUT2D eigenvalue weighted by molar-refractivity contribution is -0.124. The Balaban J connectivity index is 1.62. The summed E-state index contributed by atoms with van der Waals surface area (Å²) in [5, 5.41) is 8.41. The second kappa shape index (κ2) is 6.76. The van der Waals surface area contributed by atoms with Crippen LogP contribution in [0, 0.1) is 0 Å². The summed E-state index contributed by atoms with van der Waals surface area (Å²) < 4.78 is 5.69. The maximum atomic E-state index is 10.9. The fraction of sp³-hybridized carbons (Fsp3) is 0.0588. The van der Waals surface area contributed by atoms with Gasteiger partial charge >= 0.3 is 0 Å². The second-order valence-corrected chi connectivity index (χ2v) is 4.87. The van der Waals surface area contributed by atoms with Gasteiger partial charge in [0.15, 0.2) is 0 Å². The topological polar surface area (TPSA) is 87.2 Å². The van der Waals surface area contributed by atoms with Gasteiger partial charge in [0.05, 0.1) is 11.0 Å². The van der Waals surface area contributed by atoms with Gasteiger partial charge in [0, 0.05) is 6.08 Å². The van der Waals surface area contributed by atoms with Crippen molar-refractivity contribution in [3.05, 3.63) is 66.0 Å².